The molecule has 0 aliphatic rings. The summed E-state index contributed by atoms with van der Waals surface area (Å²) < 4.78 is 77.2. The van der Waals surface area contributed by atoms with Crippen LogP contribution in [0.4, 0.5) is 45.5 Å². The van der Waals surface area contributed by atoms with E-state index in [2.05, 4.69) is 31.1 Å². The number of methoxy groups -OCH3 is 2. The molecule has 0 radical (unpaired) electrons. The van der Waals surface area contributed by atoms with E-state index in [1.54, 1.807) is 12.1 Å². The molecular weight excluding hydrogens is 978 g/mol. The fraction of sp³-hybridized carbons (Fsp3) is 0.176. The molecule has 0 bridgehead atoms. The van der Waals surface area contributed by atoms with Crippen LogP contribution in [-0.2, 0) is 39.4 Å². The molecule has 0 saturated heterocycles. The predicted octanol–water partition coefficient (Wildman–Crippen LogP) is 5.30. The van der Waals surface area contributed by atoms with Gasteiger partial charge in [-0.3, -0.25) is 39.4 Å². The van der Waals surface area contributed by atoms with Crippen LogP contribution in [0.15, 0.2) is 103 Å². The molecule has 4 rings (SSSR count). The number of anilines is 2. The molecular formula is C34H30BaN8O16S2. The van der Waals surface area contributed by atoms with E-state index in [1.165, 1.54) is 52.3 Å². The Labute approximate surface area is 385 Å². The zero-order chi connectivity index (χ0) is 44.9. The molecule has 61 heavy (non-hydrogen) atoms. The van der Waals surface area contributed by atoms with Gasteiger partial charge in [0.15, 0.2) is 0 Å². The Morgan fingerprint density at radius 2 is 0.951 bits per heavy atom. The number of hydrogen-bond donors (Lipinski definition) is 2. The fourth-order valence-corrected chi connectivity index (χ4v) is 5.93. The second-order valence-corrected chi connectivity index (χ2v) is 14.4. The monoisotopic (exact) mass is 1010 g/mol. The molecule has 0 unspecified atom stereocenters. The van der Waals surface area contributed by atoms with Crippen LogP contribution in [0.5, 0.6) is 11.5 Å². The molecule has 24 nitrogen and oxygen atoms in total. The largest absolute Gasteiger partial charge is 2.00 e. The second-order valence-electron chi connectivity index (χ2n) is 11.7. The first-order chi connectivity index (χ1) is 28.0. The van der Waals surface area contributed by atoms with E-state index in [4.69, 9.17) is 9.47 Å². The number of ketones is 2. The summed E-state index contributed by atoms with van der Waals surface area (Å²) in [6.07, 6.45) is -0.738. The molecule has 2 amide bonds. The minimum absolute atomic E-state index is 0. The molecule has 2 N–H and O–H groups in total. The quantitative estimate of drug-likeness (QED) is 0.0359. The van der Waals surface area contributed by atoms with E-state index in [1.807, 2.05) is 0 Å². The van der Waals surface area contributed by atoms with Gasteiger partial charge >= 0.3 is 48.9 Å². The van der Waals surface area contributed by atoms with Crippen LogP contribution in [0.25, 0.3) is 0 Å². The third-order valence-corrected chi connectivity index (χ3v) is 8.93. The van der Waals surface area contributed by atoms with Gasteiger partial charge in [-0.2, -0.15) is 10.2 Å². The summed E-state index contributed by atoms with van der Waals surface area (Å²) in [4.78, 5) is 64.3. The van der Waals surface area contributed by atoms with Crippen molar-refractivity contribution in [3.8, 4) is 11.5 Å². The topological polar surface area (TPSA) is 361 Å². The van der Waals surface area contributed by atoms with Crippen molar-refractivity contribution in [3.05, 3.63) is 93.0 Å². The van der Waals surface area contributed by atoms with E-state index < -0.39 is 63.1 Å². The number of carbonyl (C=O) groups excluding carboxylic acids is 4. The van der Waals surface area contributed by atoms with Gasteiger partial charge in [0.1, 0.15) is 75.8 Å². The van der Waals surface area contributed by atoms with Crippen molar-refractivity contribution in [2.24, 2.45) is 20.5 Å². The summed E-state index contributed by atoms with van der Waals surface area (Å²) >= 11 is 0. The number of rotatable bonds is 16. The van der Waals surface area contributed by atoms with Gasteiger partial charge in [-0.1, -0.05) is 12.1 Å². The predicted molar refractivity (Wildman–Crippen MR) is 210 cm³/mol. The van der Waals surface area contributed by atoms with Crippen molar-refractivity contribution in [2.75, 3.05) is 24.9 Å². The number of para-hydroxylation sites is 2. The number of hydrogen-bond acceptors (Lipinski definition) is 20. The first kappa shape index (κ1) is 51.3. The summed E-state index contributed by atoms with van der Waals surface area (Å²) in [6, 6.07) is 14.3. The molecule has 27 heteroatoms. The number of carbonyl (C=O) groups is 4. The Morgan fingerprint density at radius 1 is 0.607 bits per heavy atom. The van der Waals surface area contributed by atoms with E-state index in [0.717, 1.165) is 36.4 Å². The van der Waals surface area contributed by atoms with Gasteiger partial charge in [-0.05, 0) is 62.4 Å². The van der Waals surface area contributed by atoms with Crippen molar-refractivity contribution in [1.29, 1.82) is 0 Å². The Balaban J connectivity index is 0.000000413. The van der Waals surface area contributed by atoms with Gasteiger partial charge in [-0.15, -0.1) is 10.2 Å². The molecule has 0 atom stereocenters. The Kier molecular flexibility index (Phi) is 19.1. The number of nitro groups is 2. The molecule has 4 aromatic rings. The van der Waals surface area contributed by atoms with Gasteiger partial charge < -0.3 is 29.2 Å². The normalized spacial score (nSPS) is 11.1. The summed E-state index contributed by atoms with van der Waals surface area (Å²) in [7, 11) is -7.42. The summed E-state index contributed by atoms with van der Waals surface area (Å²) in [5.74, 6) is -1.48. The Bertz CT molecular complexity index is 2480. The standard InChI is InChI=1S/2C17H16N4O8S.Ba/c2*1-10(22)8-16(23)18-17-12(4-3-5-14(17)29-2)20-19-11-6-7-15(30(26,27)28)13(9-11)21(24)25;/h2*3-7,9H,8H2,1-2H3,(H,18,23)(H,26,27,28);/q;;+2/p-2. The van der Waals surface area contributed by atoms with Crippen molar-refractivity contribution in [3.63, 3.8) is 0 Å². The van der Waals surface area contributed by atoms with Gasteiger partial charge in [-0.25, -0.2) is 16.8 Å². The van der Waals surface area contributed by atoms with E-state index in [0.29, 0.717) is 0 Å². The molecule has 4 aromatic carbocycles. The molecule has 0 aromatic heterocycles. The van der Waals surface area contributed by atoms with Crippen LogP contribution in [-0.4, -0.2) is 122 Å². The molecule has 0 aliphatic heterocycles. The van der Waals surface area contributed by atoms with Crippen LogP contribution in [0, 0.1) is 20.2 Å². The number of ether oxygens (including phenoxy) is 2. The van der Waals surface area contributed by atoms with Crippen LogP contribution in [0.1, 0.15) is 26.7 Å². The van der Waals surface area contributed by atoms with Gasteiger partial charge in [0.2, 0.25) is 11.8 Å². The van der Waals surface area contributed by atoms with Crippen LogP contribution in [0.2, 0.25) is 0 Å². The summed E-state index contributed by atoms with van der Waals surface area (Å²) in [6.45, 7) is 2.50. The Morgan fingerprint density at radius 3 is 1.23 bits per heavy atom. The summed E-state index contributed by atoms with van der Waals surface area (Å²) in [5, 5.41) is 42.5. The first-order valence-electron chi connectivity index (χ1n) is 16.3. The van der Waals surface area contributed by atoms with E-state index in [9.17, 15) is 65.3 Å². The zero-order valence-corrected chi connectivity index (χ0v) is 38.2. The zero-order valence-electron chi connectivity index (χ0n) is 32.1. The molecule has 0 aliphatic carbocycles. The van der Waals surface area contributed by atoms with E-state index in [-0.39, 0.29) is 119 Å². The average molecular weight is 1010 g/mol. The molecule has 0 heterocycles. The van der Waals surface area contributed by atoms with Crippen LogP contribution >= 0.6 is 0 Å². The fourth-order valence-electron chi connectivity index (χ4n) is 4.68. The third kappa shape index (κ3) is 15.3. The third-order valence-electron chi connectivity index (χ3n) is 7.16. The molecule has 0 saturated carbocycles. The number of nitrogens with zero attached hydrogens (tertiary/aromatic N) is 6. The average Bonchev–Trinajstić information content (AvgIpc) is 3.15. The molecule has 0 fully saturated rings. The van der Waals surface area contributed by atoms with Crippen molar-refractivity contribution in [2.45, 2.75) is 36.5 Å². The SMILES string of the molecule is COc1cccc(N=Nc2ccc(S(=O)(=O)[O-])c([N+](=O)[O-])c2)c1NC(=O)CC(C)=O.COc1cccc(N=Nc2ccc(S(=O)(=O)[O-])c([N+](=O)[O-])c2)c1NC(=O)CC(C)=O.[Ba+2]. The minimum atomic E-state index is -5.06. The summed E-state index contributed by atoms with van der Waals surface area (Å²) in [5.41, 5.74) is -1.67. The smallest absolute Gasteiger partial charge is 0.744 e. The number of benzene rings is 4. The van der Waals surface area contributed by atoms with E-state index >= 15 is 0 Å². The van der Waals surface area contributed by atoms with Crippen molar-refractivity contribution < 1.29 is 64.4 Å². The van der Waals surface area contributed by atoms with Crippen molar-refractivity contribution in [1.82, 2.24) is 0 Å². The van der Waals surface area contributed by atoms with Crippen molar-refractivity contribution >= 4 is 138 Å². The first-order valence-corrected chi connectivity index (χ1v) is 19.1. The molecule has 0 spiro atoms. The Hall–Kier alpha value is -5.85. The maximum Gasteiger partial charge on any atom is 2.00 e. The van der Waals surface area contributed by atoms with Gasteiger partial charge in [0.05, 0.1) is 48.3 Å². The number of azo groups is 2. The second kappa shape index (κ2) is 22.7. The number of Topliss-reactive ketones (excluding diaryl/α,β-unsaturated/α-hetero) is 2. The maximum atomic E-state index is 11.9. The number of amides is 2. The minimum Gasteiger partial charge on any atom is -0.744 e. The van der Waals surface area contributed by atoms with Crippen LogP contribution in [0.3, 0.4) is 0 Å². The van der Waals surface area contributed by atoms with Crippen LogP contribution < -0.4 is 20.1 Å². The van der Waals surface area contributed by atoms with Gasteiger partial charge in [0, 0.05) is 12.1 Å². The number of nitro benzene ring substituents is 2. The molecule has 316 valence electrons. The maximum absolute atomic E-state index is 11.9. The number of nitrogens with one attached hydrogen (secondary N) is 2. The van der Waals surface area contributed by atoms with Gasteiger partial charge in [0.25, 0.3) is 11.4 Å².